The van der Waals surface area contributed by atoms with E-state index in [9.17, 15) is 9.59 Å². The van der Waals surface area contributed by atoms with Gasteiger partial charge in [0.25, 0.3) is 0 Å². The maximum atomic E-state index is 10.5. The molecule has 1 aromatic heterocycles. The van der Waals surface area contributed by atoms with Crippen LogP contribution in [0.1, 0.15) is 0 Å². The average Bonchev–Trinajstić information content (AvgIpc) is 2.09. The first-order chi connectivity index (χ1) is 5.72. The van der Waals surface area contributed by atoms with Crippen LogP contribution in [0.25, 0.3) is 0 Å². The van der Waals surface area contributed by atoms with E-state index in [2.05, 4.69) is 13.9 Å². The number of carbonyl (C=O) groups excluding carboxylic acids is 1. The van der Waals surface area contributed by atoms with Crippen molar-refractivity contribution in [3.05, 3.63) is 28.8 Å². The molecule has 0 saturated heterocycles. The first-order valence-electron chi connectivity index (χ1n) is 3.07. The van der Waals surface area contributed by atoms with Crippen LogP contribution in [0.15, 0.2) is 27.6 Å². The lowest BCUT2D eigenvalue weighted by atomic mass is 10.5. The molecule has 1 heterocycles. The van der Waals surface area contributed by atoms with E-state index in [1.54, 1.807) is 0 Å². The largest absolute Gasteiger partial charge is 0.513 e. The van der Waals surface area contributed by atoms with Gasteiger partial charge < -0.3 is 13.9 Å². The van der Waals surface area contributed by atoms with Gasteiger partial charge in [0, 0.05) is 6.07 Å². The van der Waals surface area contributed by atoms with Crippen molar-refractivity contribution in [1.82, 2.24) is 0 Å². The van der Waals surface area contributed by atoms with E-state index in [4.69, 9.17) is 0 Å². The molecule has 1 rings (SSSR count). The molecule has 5 nitrogen and oxygen atoms in total. The minimum absolute atomic E-state index is 0.126. The van der Waals surface area contributed by atoms with Crippen LogP contribution >= 0.6 is 0 Å². The number of ether oxygens (including phenoxy) is 2. The Bertz CT molecular complexity index is 306. The van der Waals surface area contributed by atoms with Gasteiger partial charge in [-0.3, -0.25) is 0 Å². The first-order valence-corrected chi connectivity index (χ1v) is 3.07. The third-order valence-electron chi connectivity index (χ3n) is 1.04. The Kier molecular flexibility index (Phi) is 2.47. The summed E-state index contributed by atoms with van der Waals surface area (Å²) >= 11 is 0. The Labute approximate surface area is 67.5 Å². The number of hydrogen-bond acceptors (Lipinski definition) is 5. The second-order valence-electron chi connectivity index (χ2n) is 1.85. The first kappa shape index (κ1) is 8.32. The Hall–Kier alpha value is -1.78. The zero-order valence-electron chi connectivity index (χ0n) is 6.27. The molecule has 0 N–H and O–H groups in total. The summed E-state index contributed by atoms with van der Waals surface area (Å²) in [5.41, 5.74) is -0.507. The summed E-state index contributed by atoms with van der Waals surface area (Å²) in [5.74, 6) is 0.126. The van der Waals surface area contributed by atoms with E-state index in [0.29, 0.717) is 0 Å². The Balaban J connectivity index is 2.71. The number of carbonyl (C=O) groups is 1. The second kappa shape index (κ2) is 3.56. The van der Waals surface area contributed by atoms with E-state index in [0.717, 1.165) is 12.3 Å². The zero-order chi connectivity index (χ0) is 8.97. The maximum absolute atomic E-state index is 10.5. The number of hydrogen-bond donors (Lipinski definition) is 0. The van der Waals surface area contributed by atoms with Gasteiger partial charge in [0.2, 0.25) is 0 Å². The van der Waals surface area contributed by atoms with Gasteiger partial charge in [-0.25, -0.2) is 9.59 Å². The topological polar surface area (TPSA) is 65.7 Å². The molecule has 0 bridgehead atoms. The monoisotopic (exact) mass is 170 g/mol. The Morgan fingerprint density at radius 3 is 2.75 bits per heavy atom. The highest BCUT2D eigenvalue weighted by Gasteiger charge is 2.02. The van der Waals surface area contributed by atoms with Crippen molar-refractivity contribution in [2.24, 2.45) is 0 Å². The van der Waals surface area contributed by atoms with E-state index in [1.807, 2.05) is 0 Å². The van der Waals surface area contributed by atoms with E-state index >= 15 is 0 Å². The van der Waals surface area contributed by atoms with Crippen molar-refractivity contribution < 1.29 is 18.7 Å². The molecule has 0 aliphatic carbocycles. The van der Waals surface area contributed by atoms with Gasteiger partial charge in [-0.15, -0.1) is 0 Å². The molecule has 0 amide bonds. The summed E-state index contributed by atoms with van der Waals surface area (Å²) in [6.45, 7) is 0. The van der Waals surface area contributed by atoms with Crippen molar-refractivity contribution >= 4 is 6.16 Å². The number of methoxy groups -OCH3 is 1. The Morgan fingerprint density at radius 2 is 2.25 bits per heavy atom. The van der Waals surface area contributed by atoms with Crippen LogP contribution < -0.4 is 10.4 Å². The molecule has 0 radical (unpaired) electrons. The summed E-state index contributed by atoms with van der Waals surface area (Å²) in [6, 6.07) is 2.45. The van der Waals surface area contributed by atoms with Gasteiger partial charge in [-0.2, -0.15) is 0 Å². The molecule has 0 spiro atoms. The molecule has 5 heteroatoms. The predicted molar refractivity (Wildman–Crippen MR) is 38.0 cm³/mol. The van der Waals surface area contributed by atoms with Crippen LogP contribution in [0.2, 0.25) is 0 Å². The summed E-state index contributed by atoms with van der Waals surface area (Å²) in [7, 11) is 1.18. The van der Waals surface area contributed by atoms with Crippen LogP contribution in [0, 0.1) is 0 Å². The molecule has 0 atom stereocenters. The van der Waals surface area contributed by atoms with Gasteiger partial charge >= 0.3 is 11.8 Å². The van der Waals surface area contributed by atoms with E-state index < -0.39 is 11.8 Å². The quantitative estimate of drug-likeness (QED) is 0.583. The highest BCUT2D eigenvalue weighted by molar-refractivity contribution is 5.63. The van der Waals surface area contributed by atoms with Crippen molar-refractivity contribution in [3.63, 3.8) is 0 Å². The standard InChI is InChI=1S/C7H6O5/c1-10-7(9)12-5-2-3-6(8)11-4-5/h2-4H,1H3. The molecule has 0 aliphatic heterocycles. The molecular weight excluding hydrogens is 164 g/mol. The number of rotatable bonds is 1. The highest BCUT2D eigenvalue weighted by atomic mass is 16.7. The third-order valence-corrected chi connectivity index (χ3v) is 1.04. The molecule has 0 aliphatic rings. The SMILES string of the molecule is COC(=O)Oc1ccc(=O)oc1. The van der Waals surface area contributed by atoms with Gasteiger partial charge in [-0.05, 0) is 6.07 Å². The normalized spacial score (nSPS) is 9.08. The highest BCUT2D eigenvalue weighted by Crippen LogP contribution is 2.06. The van der Waals surface area contributed by atoms with E-state index in [-0.39, 0.29) is 5.75 Å². The minimum Gasteiger partial charge on any atom is -0.437 e. The van der Waals surface area contributed by atoms with Crippen LogP contribution in [-0.4, -0.2) is 13.3 Å². The summed E-state index contributed by atoms with van der Waals surface area (Å²) < 4.78 is 13.1. The fourth-order valence-electron chi connectivity index (χ4n) is 0.541. The lowest BCUT2D eigenvalue weighted by Gasteiger charge is -1.98. The molecule has 12 heavy (non-hydrogen) atoms. The smallest absolute Gasteiger partial charge is 0.437 e. The van der Waals surface area contributed by atoms with Crippen molar-refractivity contribution in [2.45, 2.75) is 0 Å². The fraction of sp³-hybridized carbons (Fsp3) is 0.143. The molecule has 1 aromatic rings. The predicted octanol–water partition coefficient (Wildman–Crippen LogP) is 0.785. The van der Waals surface area contributed by atoms with Gasteiger partial charge in [-0.1, -0.05) is 0 Å². The lowest BCUT2D eigenvalue weighted by Crippen LogP contribution is -2.07. The zero-order valence-corrected chi connectivity index (χ0v) is 6.27. The van der Waals surface area contributed by atoms with Crippen molar-refractivity contribution in [1.29, 1.82) is 0 Å². The average molecular weight is 170 g/mol. The second-order valence-corrected chi connectivity index (χ2v) is 1.85. The molecule has 0 fully saturated rings. The van der Waals surface area contributed by atoms with Crippen molar-refractivity contribution in [3.8, 4) is 5.75 Å². The van der Waals surface area contributed by atoms with Crippen LogP contribution in [-0.2, 0) is 4.74 Å². The molecular formula is C7H6O5. The summed E-state index contributed by atoms with van der Waals surface area (Å²) in [5, 5.41) is 0. The van der Waals surface area contributed by atoms with E-state index in [1.165, 1.54) is 13.2 Å². The van der Waals surface area contributed by atoms with Crippen LogP contribution in [0.3, 0.4) is 0 Å². The van der Waals surface area contributed by atoms with Gasteiger partial charge in [0.15, 0.2) is 5.75 Å². The molecule has 0 aromatic carbocycles. The third kappa shape index (κ3) is 2.12. The molecule has 64 valence electrons. The van der Waals surface area contributed by atoms with Crippen molar-refractivity contribution in [2.75, 3.05) is 7.11 Å². The minimum atomic E-state index is -0.858. The van der Waals surface area contributed by atoms with Crippen LogP contribution in [0.4, 0.5) is 4.79 Å². The summed E-state index contributed by atoms with van der Waals surface area (Å²) in [6.07, 6.45) is 0.169. The molecule has 0 unspecified atom stereocenters. The van der Waals surface area contributed by atoms with Gasteiger partial charge in [0.05, 0.1) is 7.11 Å². The van der Waals surface area contributed by atoms with Gasteiger partial charge in [0.1, 0.15) is 6.26 Å². The molecule has 0 saturated carbocycles. The maximum Gasteiger partial charge on any atom is 0.513 e. The lowest BCUT2D eigenvalue weighted by molar-refractivity contribution is 0.120. The van der Waals surface area contributed by atoms with Crippen LogP contribution in [0.5, 0.6) is 5.75 Å². The Morgan fingerprint density at radius 1 is 1.50 bits per heavy atom. The fourth-order valence-corrected chi connectivity index (χ4v) is 0.541. The summed E-state index contributed by atoms with van der Waals surface area (Å²) in [4.78, 5) is 20.9.